The number of nitrogens with two attached hydrogens (primary N) is 1. The summed E-state index contributed by atoms with van der Waals surface area (Å²) in [5, 5.41) is 4.64. The highest BCUT2D eigenvalue weighted by molar-refractivity contribution is 7.93. The molecule has 1 amide bonds. The number of nitrogens with zero attached hydrogens (tertiary/aromatic N) is 1. The largest absolute Gasteiger partial charge is 0.364 e. The molecule has 1 aromatic heterocycles. The highest BCUT2D eigenvalue weighted by Gasteiger charge is 2.30. The summed E-state index contributed by atoms with van der Waals surface area (Å²) >= 11 is 1.18. The molecule has 3 rings (SSSR count). The van der Waals surface area contributed by atoms with Crippen molar-refractivity contribution in [2.24, 2.45) is 5.73 Å². The van der Waals surface area contributed by atoms with Crippen LogP contribution in [0.2, 0.25) is 0 Å². The lowest BCUT2D eigenvalue weighted by atomic mass is 10.2. The molecular weight excluding hydrogens is 364 g/mol. The fraction of sp³-hybridized carbons (Fsp3) is 0.333. The quantitative estimate of drug-likeness (QED) is 0.694. The van der Waals surface area contributed by atoms with E-state index in [1.54, 1.807) is 17.5 Å². The summed E-state index contributed by atoms with van der Waals surface area (Å²) in [6, 6.07) is 6.02. The number of carbonyl (C=O) groups excluding carboxylic acids is 1. The molecule has 0 radical (unpaired) electrons. The number of carbonyl (C=O) groups is 1. The molecule has 1 aromatic carbocycles. The maximum atomic E-state index is 12.4. The number of ether oxygens (including phenoxy) is 1. The molecule has 10 heteroatoms. The van der Waals surface area contributed by atoms with Crippen LogP contribution in [-0.2, 0) is 19.6 Å². The molecule has 0 bridgehead atoms. The lowest BCUT2D eigenvalue weighted by Gasteiger charge is -2.13. The first-order chi connectivity index (χ1) is 12.0. The lowest BCUT2D eigenvalue weighted by molar-refractivity contribution is -0.126. The summed E-state index contributed by atoms with van der Waals surface area (Å²) in [5.41, 5.74) is 5.92. The number of hydrogen-bond donors (Lipinski definition) is 3. The van der Waals surface area contributed by atoms with Crippen molar-refractivity contribution in [3.05, 3.63) is 35.8 Å². The van der Waals surface area contributed by atoms with E-state index in [-0.39, 0.29) is 22.0 Å². The Morgan fingerprint density at radius 2 is 2.24 bits per heavy atom. The van der Waals surface area contributed by atoms with Crippen LogP contribution in [0.3, 0.4) is 0 Å². The van der Waals surface area contributed by atoms with E-state index in [1.807, 2.05) is 0 Å². The van der Waals surface area contributed by atoms with Gasteiger partial charge in [0, 0.05) is 23.8 Å². The zero-order valence-electron chi connectivity index (χ0n) is 13.2. The zero-order valence-corrected chi connectivity index (χ0v) is 14.8. The van der Waals surface area contributed by atoms with Crippen molar-refractivity contribution in [1.29, 1.82) is 0 Å². The van der Waals surface area contributed by atoms with Gasteiger partial charge in [-0.05, 0) is 31.0 Å². The van der Waals surface area contributed by atoms with Gasteiger partial charge in [0.2, 0.25) is 0 Å². The topological polar surface area (TPSA) is 123 Å². The molecule has 134 valence electrons. The highest BCUT2D eigenvalue weighted by Crippen LogP contribution is 2.23. The Labute approximate surface area is 149 Å². The molecule has 2 atom stereocenters. The molecule has 8 nitrogen and oxygen atoms in total. The van der Waals surface area contributed by atoms with Gasteiger partial charge in [0.1, 0.15) is 6.10 Å². The van der Waals surface area contributed by atoms with Crippen molar-refractivity contribution < 1.29 is 17.9 Å². The standard InChI is InChI=1S/C15H18N4O4S2/c16-9-11-4-5-13(23-11)14(20)18-10-2-1-3-12(8-10)25(21,22)19-15-17-6-7-24-15/h1-3,6-8,11,13H,4-5,9,16H2,(H,17,19)(H,18,20)/t11-,13+/m1/s1. The number of sulfonamides is 1. The summed E-state index contributed by atoms with van der Waals surface area (Å²) < 4.78 is 32.7. The van der Waals surface area contributed by atoms with Crippen LogP contribution >= 0.6 is 11.3 Å². The molecule has 1 saturated heterocycles. The predicted molar refractivity (Wildman–Crippen MR) is 94.9 cm³/mol. The molecule has 1 aliphatic rings. The average molecular weight is 382 g/mol. The van der Waals surface area contributed by atoms with Crippen molar-refractivity contribution in [2.75, 3.05) is 16.6 Å². The van der Waals surface area contributed by atoms with Gasteiger partial charge in [-0.3, -0.25) is 9.52 Å². The van der Waals surface area contributed by atoms with E-state index in [0.717, 1.165) is 6.42 Å². The monoisotopic (exact) mass is 382 g/mol. The fourth-order valence-corrected chi connectivity index (χ4v) is 4.32. The minimum Gasteiger partial charge on any atom is -0.364 e. The van der Waals surface area contributed by atoms with Crippen molar-refractivity contribution in [3.8, 4) is 0 Å². The Morgan fingerprint density at radius 3 is 2.92 bits per heavy atom. The molecule has 2 heterocycles. The number of thiazole rings is 1. The Balaban J connectivity index is 1.70. The smallest absolute Gasteiger partial charge is 0.263 e. The van der Waals surface area contributed by atoms with Gasteiger partial charge in [0.15, 0.2) is 5.13 Å². The minimum atomic E-state index is -3.77. The van der Waals surface area contributed by atoms with E-state index in [0.29, 0.717) is 18.7 Å². The van der Waals surface area contributed by atoms with Gasteiger partial charge in [-0.2, -0.15) is 0 Å². The molecule has 0 unspecified atom stereocenters. The second-order valence-electron chi connectivity index (χ2n) is 5.52. The number of amides is 1. The second kappa shape index (κ2) is 7.48. The van der Waals surface area contributed by atoms with Gasteiger partial charge < -0.3 is 15.8 Å². The minimum absolute atomic E-state index is 0.0349. The van der Waals surface area contributed by atoms with Crippen LogP contribution in [0.5, 0.6) is 0 Å². The third-order valence-corrected chi connectivity index (χ3v) is 5.88. The van der Waals surface area contributed by atoms with Gasteiger partial charge in [0.25, 0.3) is 15.9 Å². The van der Waals surface area contributed by atoms with Crippen molar-refractivity contribution in [2.45, 2.75) is 29.9 Å². The number of aromatic nitrogens is 1. The van der Waals surface area contributed by atoms with E-state index in [1.165, 1.54) is 29.7 Å². The maximum absolute atomic E-state index is 12.4. The van der Waals surface area contributed by atoms with Crippen LogP contribution in [0.25, 0.3) is 0 Å². The summed E-state index contributed by atoms with van der Waals surface area (Å²) in [5.74, 6) is -0.307. The third-order valence-electron chi connectivity index (χ3n) is 3.73. The SMILES string of the molecule is NC[C@H]1CC[C@@H](C(=O)Nc2cccc(S(=O)(=O)Nc3nccs3)c2)O1. The molecule has 0 spiro atoms. The predicted octanol–water partition coefficient (Wildman–Crippen LogP) is 1.39. The van der Waals surface area contributed by atoms with Gasteiger partial charge >= 0.3 is 0 Å². The van der Waals surface area contributed by atoms with E-state index in [9.17, 15) is 13.2 Å². The van der Waals surface area contributed by atoms with Gasteiger partial charge in [-0.1, -0.05) is 6.07 Å². The first-order valence-corrected chi connectivity index (χ1v) is 10.0. The van der Waals surface area contributed by atoms with Crippen LogP contribution in [-0.4, -0.2) is 38.1 Å². The summed E-state index contributed by atoms with van der Waals surface area (Å²) in [6.45, 7) is 0.375. The van der Waals surface area contributed by atoms with Crippen LogP contribution in [0, 0.1) is 0 Å². The van der Waals surface area contributed by atoms with Crippen LogP contribution in [0.4, 0.5) is 10.8 Å². The Morgan fingerprint density at radius 1 is 1.40 bits per heavy atom. The molecule has 25 heavy (non-hydrogen) atoms. The van der Waals surface area contributed by atoms with E-state index < -0.39 is 16.1 Å². The van der Waals surface area contributed by atoms with Crippen molar-refractivity contribution in [1.82, 2.24) is 4.98 Å². The lowest BCUT2D eigenvalue weighted by Crippen LogP contribution is -2.29. The van der Waals surface area contributed by atoms with Gasteiger partial charge in [0.05, 0.1) is 11.0 Å². The molecule has 0 aliphatic carbocycles. The zero-order chi connectivity index (χ0) is 17.9. The average Bonchev–Trinajstić information content (AvgIpc) is 3.26. The molecule has 0 saturated carbocycles. The van der Waals surface area contributed by atoms with Crippen LogP contribution < -0.4 is 15.8 Å². The Hall–Kier alpha value is -2.01. The number of hydrogen-bond acceptors (Lipinski definition) is 7. The van der Waals surface area contributed by atoms with Gasteiger partial charge in [-0.15, -0.1) is 11.3 Å². The van der Waals surface area contributed by atoms with E-state index in [2.05, 4.69) is 15.0 Å². The molecule has 1 fully saturated rings. The highest BCUT2D eigenvalue weighted by atomic mass is 32.2. The van der Waals surface area contributed by atoms with E-state index in [4.69, 9.17) is 10.5 Å². The second-order valence-corrected chi connectivity index (χ2v) is 8.10. The van der Waals surface area contributed by atoms with Crippen LogP contribution in [0.15, 0.2) is 40.7 Å². The normalized spacial score (nSPS) is 20.4. The van der Waals surface area contributed by atoms with Crippen molar-refractivity contribution >= 4 is 38.1 Å². The Kier molecular flexibility index (Phi) is 5.33. The van der Waals surface area contributed by atoms with Gasteiger partial charge in [-0.25, -0.2) is 13.4 Å². The number of benzene rings is 1. The first-order valence-electron chi connectivity index (χ1n) is 7.67. The maximum Gasteiger partial charge on any atom is 0.263 e. The number of nitrogens with one attached hydrogen (secondary N) is 2. The van der Waals surface area contributed by atoms with Crippen LogP contribution in [0.1, 0.15) is 12.8 Å². The Bertz CT molecular complexity index is 839. The van der Waals surface area contributed by atoms with Crippen molar-refractivity contribution in [3.63, 3.8) is 0 Å². The number of anilines is 2. The van der Waals surface area contributed by atoms with E-state index >= 15 is 0 Å². The summed E-state index contributed by atoms with van der Waals surface area (Å²) in [6.07, 6.45) is 2.17. The molecule has 1 aliphatic heterocycles. The fourth-order valence-electron chi connectivity index (χ4n) is 2.48. The molecule has 4 N–H and O–H groups in total. The molecule has 2 aromatic rings. The molecular formula is C15H18N4O4S2. The number of rotatable bonds is 6. The summed E-state index contributed by atoms with van der Waals surface area (Å²) in [7, 11) is -3.77. The third kappa shape index (κ3) is 4.34. The summed E-state index contributed by atoms with van der Waals surface area (Å²) in [4.78, 5) is 16.2. The first kappa shape index (κ1) is 17.8.